The van der Waals surface area contributed by atoms with E-state index in [9.17, 15) is 4.79 Å². The van der Waals surface area contributed by atoms with Crippen molar-refractivity contribution in [1.82, 2.24) is 4.90 Å². The largest absolute Gasteiger partial charge is 0.493 e. The zero-order chi connectivity index (χ0) is 17.1. The van der Waals surface area contributed by atoms with Gasteiger partial charge in [0.05, 0.1) is 13.2 Å². The number of carbonyl (C=O) groups is 1. The number of ether oxygens (including phenoxy) is 3. The van der Waals surface area contributed by atoms with Crippen molar-refractivity contribution in [3.8, 4) is 17.2 Å². The van der Waals surface area contributed by atoms with Gasteiger partial charge in [0.2, 0.25) is 5.75 Å². The van der Waals surface area contributed by atoms with E-state index in [1.54, 1.807) is 31.2 Å². The zero-order valence-corrected chi connectivity index (χ0v) is 14.1. The summed E-state index contributed by atoms with van der Waals surface area (Å²) in [5, 5.41) is 0. The minimum Gasteiger partial charge on any atom is -0.493 e. The molecule has 1 heterocycles. The van der Waals surface area contributed by atoms with Crippen LogP contribution in [-0.2, 0) is 0 Å². The molecule has 0 saturated heterocycles. The monoisotopic (exact) mass is 327 g/mol. The summed E-state index contributed by atoms with van der Waals surface area (Å²) in [6.45, 7) is 2.94. The first-order chi connectivity index (χ1) is 11.6. The fourth-order valence-electron chi connectivity index (χ4n) is 2.73. The Balaban J connectivity index is 1.89. The van der Waals surface area contributed by atoms with Gasteiger partial charge in [-0.25, -0.2) is 0 Å². The molecule has 2 aromatic rings. The third-order valence-corrected chi connectivity index (χ3v) is 4.26. The Morgan fingerprint density at radius 2 is 1.88 bits per heavy atom. The molecular weight excluding hydrogens is 306 g/mol. The van der Waals surface area contributed by atoms with Gasteiger partial charge in [-0.05, 0) is 24.6 Å². The minimum absolute atomic E-state index is 0.0436. The lowest BCUT2D eigenvalue weighted by Gasteiger charge is -2.27. The molecule has 0 fully saturated rings. The second-order valence-corrected chi connectivity index (χ2v) is 5.71. The zero-order valence-electron chi connectivity index (χ0n) is 14.1. The number of rotatable bonds is 4. The van der Waals surface area contributed by atoms with Crippen LogP contribution in [0, 0.1) is 0 Å². The Bertz CT molecular complexity index is 712. The standard InChI is InChI=1S/C19H21NO4/c1-13(14-7-5-4-6-8-14)20(2)19(21)15-11-16(22-3)18-17(12-15)23-9-10-24-18/h4-8,11-13H,9-10H2,1-3H3. The number of nitrogens with zero attached hydrogens (tertiary/aromatic N) is 1. The van der Waals surface area contributed by atoms with Crippen LogP contribution >= 0.6 is 0 Å². The molecule has 5 heteroatoms. The molecule has 0 saturated carbocycles. The lowest BCUT2D eigenvalue weighted by molar-refractivity contribution is 0.0741. The predicted octanol–water partition coefficient (Wildman–Crippen LogP) is 3.30. The summed E-state index contributed by atoms with van der Waals surface area (Å²) in [6.07, 6.45) is 0. The number of amides is 1. The molecule has 0 radical (unpaired) electrons. The fourth-order valence-corrected chi connectivity index (χ4v) is 2.73. The Morgan fingerprint density at radius 1 is 1.17 bits per heavy atom. The highest BCUT2D eigenvalue weighted by Crippen LogP contribution is 2.40. The summed E-state index contributed by atoms with van der Waals surface area (Å²) in [5.74, 6) is 1.52. The maximum absolute atomic E-state index is 12.9. The van der Waals surface area contributed by atoms with Crippen LogP contribution in [0.15, 0.2) is 42.5 Å². The van der Waals surface area contributed by atoms with Gasteiger partial charge in [0, 0.05) is 12.6 Å². The third kappa shape index (κ3) is 3.02. The Kier molecular flexibility index (Phi) is 4.60. The van der Waals surface area contributed by atoms with Crippen LogP contribution in [0.2, 0.25) is 0 Å². The molecule has 1 atom stereocenters. The van der Waals surface area contributed by atoms with Gasteiger partial charge in [-0.2, -0.15) is 0 Å². The molecule has 0 bridgehead atoms. The van der Waals surface area contributed by atoms with Crippen molar-refractivity contribution in [2.45, 2.75) is 13.0 Å². The summed E-state index contributed by atoms with van der Waals surface area (Å²) in [6, 6.07) is 13.3. The lowest BCUT2D eigenvalue weighted by Crippen LogP contribution is -2.30. The van der Waals surface area contributed by atoms with Gasteiger partial charge >= 0.3 is 0 Å². The van der Waals surface area contributed by atoms with Crippen LogP contribution in [0.1, 0.15) is 28.9 Å². The molecule has 1 amide bonds. The highest BCUT2D eigenvalue weighted by Gasteiger charge is 2.24. The Hall–Kier alpha value is -2.69. The molecule has 0 aromatic heterocycles. The van der Waals surface area contributed by atoms with E-state index in [0.717, 1.165) is 5.56 Å². The van der Waals surface area contributed by atoms with E-state index in [2.05, 4.69) is 0 Å². The van der Waals surface area contributed by atoms with E-state index in [4.69, 9.17) is 14.2 Å². The number of benzene rings is 2. The molecule has 0 N–H and O–H groups in total. The van der Waals surface area contributed by atoms with Crippen molar-refractivity contribution in [3.63, 3.8) is 0 Å². The van der Waals surface area contributed by atoms with E-state index < -0.39 is 0 Å². The number of hydrogen-bond donors (Lipinski definition) is 0. The van der Waals surface area contributed by atoms with Crippen molar-refractivity contribution >= 4 is 5.91 Å². The molecule has 126 valence electrons. The van der Waals surface area contributed by atoms with Crippen LogP contribution in [0.4, 0.5) is 0 Å². The maximum atomic E-state index is 12.9. The minimum atomic E-state index is -0.0957. The Labute approximate surface area is 141 Å². The third-order valence-electron chi connectivity index (χ3n) is 4.26. The van der Waals surface area contributed by atoms with Crippen LogP contribution in [0.3, 0.4) is 0 Å². The summed E-state index contributed by atoms with van der Waals surface area (Å²) < 4.78 is 16.5. The van der Waals surface area contributed by atoms with Crippen molar-refractivity contribution in [2.75, 3.05) is 27.4 Å². The first-order valence-electron chi connectivity index (χ1n) is 7.91. The second-order valence-electron chi connectivity index (χ2n) is 5.71. The van der Waals surface area contributed by atoms with Crippen LogP contribution < -0.4 is 14.2 Å². The molecule has 0 aliphatic carbocycles. The maximum Gasteiger partial charge on any atom is 0.254 e. The summed E-state index contributed by atoms with van der Waals surface area (Å²) in [7, 11) is 3.35. The smallest absolute Gasteiger partial charge is 0.254 e. The van der Waals surface area contributed by atoms with Gasteiger partial charge in [-0.1, -0.05) is 30.3 Å². The molecule has 3 rings (SSSR count). The van der Waals surface area contributed by atoms with E-state index in [1.807, 2.05) is 37.3 Å². The summed E-state index contributed by atoms with van der Waals surface area (Å²) >= 11 is 0. The number of fused-ring (bicyclic) bond motifs is 1. The number of hydrogen-bond acceptors (Lipinski definition) is 4. The SMILES string of the molecule is COc1cc(C(=O)N(C)C(C)c2ccccc2)cc2c1OCCO2. The predicted molar refractivity (Wildman–Crippen MR) is 90.9 cm³/mol. The average molecular weight is 327 g/mol. The summed E-state index contributed by atoms with van der Waals surface area (Å²) in [4.78, 5) is 14.6. The molecule has 1 unspecified atom stereocenters. The van der Waals surface area contributed by atoms with Crippen molar-refractivity contribution < 1.29 is 19.0 Å². The van der Waals surface area contributed by atoms with Crippen molar-refractivity contribution in [3.05, 3.63) is 53.6 Å². The van der Waals surface area contributed by atoms with Crippen molar-refractivity contribution in [2.24, 2.45) is 0 Å². The quantitative estimate of drug-likeness (QED) is 0.864. The topological polar surface area (TPSA) is 48.0 Å². The van der Waals surface area contributed by atoms with Crippen LogP contribution in [0.5, 0.6) is 17.2 Å². The molecule has 2 aromatic carbocycles. The van der Waals surface area contributed by atoms with E-state index in [-0.39, 0.29) is 11.9 Å². The molecule has 24 heavy (non-hydrogen) atoms. The molecule has 5 nitrogen and oxygen atoms in total. The lowest BCUT2D eigenvalue weighted by atomic mass is 10.1. The van der Waals surface area contributed by atoms with Gasteiger partial charge in [-0.15, -0.1) is 0 Å². The Morgan fingerprint density at radius 3 is 2.58 bits per heavy atom. The molecule has 0 spiro atoms. The highest BCUT2D eigenvalue weighted by atomic mass is 16.6. The van der Waals surface area contributed by atoms with Gasteiger partial charge in [0.15, 0.2) is 11.5 Å². The van der Waals surface area contributed by atoms with E-state index in [0.29, 0.717) is 36.0 Å². The molecule has 1 aliphatic heterocycles. The highest BCUT2D eigenvalue weighted by molar-refractivity contribution is 5.95. The number of methoxy groups -OCH3 is 1. The average Bonchev–Trinajstić information content (AvgIpc) is 2.65. The van der Waals surface area contributed by atoms with Gasteiger partial charge < -0.3 is 19.1 Å². The van der Waals surface area contributed by atoms with Crippen LogP contribution in [0.25, 0.3) is 0 Å². The van der Waals surface area contributed by atoms with Crippen LogP contribution in [-0.4, -0.2) is 38.2 Å². The fraction of sp³-hybridized carbons (Fsp3) is 0.316. The van der Waals surface area contributed by atoms with E-state index >= 15 is 0 Å². The first-order valence-corrected chi connectivity index (χ1v) is 7.91. The van der Waals surface area contributed by atoms with Crippen molar-refractivity contribution in [1.29, 1.82) is 0 Å². The second kappa shape index (κ2) is 6.83. The van der Waals surface area contributed by atoms with E-state index in [1.165, 1.54) is 0 Å². The normalized spacial score (nSPS) is 14.0. The first kappa shape index (κ1) is 16.2. The van der Waals surface area contributed by atoms with Gasteiger partial charge in [-0.3, -0.25) is 4.79 Å². The molecular formula is C19H21NO4. The van der Waals surface area contributed by atoms with Gasteiger partial charge in [0.1, 0.15) is 13.2 Å². The number of carbonyl (C=O) groups excluding carboxylic acids is 1. The summed E-state index contributed by atoms with van der Waals surface area (Å²) in [5.41, 5.74) is 1.60. The molecule has 1 aliphatic rings. The van der Waals surface area contributed by atoms with Gasteiger partial charge in [0.25, 0.3) is 5.91 Å².